The molecular formula is C16H16Br2N2O2. The summed E-state index contributed by atoms with van der Waals surface area (Å²) < 4.78 is 7.20. The molecule has 2 aliphatic heterocycles. The number of amidine groups is 1. The largest absolute Gasteiger partial charge is 0.504 e. The monoisotopic (exact) mass is 426 g/mol. The van der Waals surface area contributed by atoms with Crippen LogP contribution in [-0.4, -0.2) is 29.5 Å². The molecule has 0 amide bonds. The molecule has 1 aromatic carbocycles. The number of halogens is 2. The Morgan fingerprint density at radius 3 is 2.86 bits per heavy atom. The van der Waals surface area contributed by atoms with Crippen LogP contribution in [0.3, 0.4) is 0 Å². The smallest absolute Gasteiger partial charge is 0.160 e. The molecule has 0 aliphatic carbocycles. The normalized spacial score (nSPS) is 24.2. The standard InChI is InChI=1S/C16H16Br2N2O2/c1-9-7-19-16-12(18)6-11(17)8-20(16)15(9)10-3-4-13(21)14(5-10)22-2/h3-6,8-9,15,21H,7H2,1-2H3. The predicted molar refractivity (Wildman–Crippen MR) is 94.7 cm³/mol. The minimum atomic E-state index is 0.135. The Labute approximate surface area is 146 Å². The summed E-state index contributed by atoms with van der Waals surface area (Å²) in [4.78, 5) is 6.83. The quantitative estimate of drug-likeness (QED) is 0.764. The molecule has 6 heteroatoms. The summed E-state index contributed by atoms with van der Waals surface area (Å²) in [6.07, 6.45) is 4.04. The number of hydrogen-bond acceptors (Lipinski definition) is 4. The van der Waals surface area contributed by atoms with Crippen molar-refractivity contribution in [2.45, 2.75) is 13.0 Å². The molecule has 0 saturated carbocycles. The Morgan fingerprint density at radius 1 is 1.36 bits per heavy atom. The lowest BCUT2D eigenvalue weighted by atomic mass is 9.90. The van der Waals surface area contributed by atoms with Gasteiger partial charge < -0.3 is 14.7 Å². The molecular weight excluding hydrogens is 412 g/mol. The first kappa shape index (κ1) is 15.6. The minimum absolute atomic E-state index is 0.135. The van der Waals surface area contributed by atoms with Crippen molar-refractivity contribution in [2.75, 3.05) is 13.7 Å². The van der Waals surface area contributed by atoms with Gasteiger partial charge in [-0.25, -0.2) is 0 Å². The van der Waals surface area contributed by atoms with E-state index in [1.54, 1.807) is 13.2 Å². The molecule has 3 rings (SSSR count). The van der Waals surface area contributed by atoms with Gasteiger partial charge in [0.15, 0.2) is 11.5 Å². The zero-order chi connectivity index (χ0) is 15.9. The molecule has 22 heavy (non-hydrogen) atoms. The fourth-order valence-corrected chi connectivity index (χ4v) is 4.21. The summed E-state index contributed by atoms with van der Waals surface area (Å²) >= 11 is 7.13. The average molecular weight is 428 g/mol. The second-order valence-electron chi connectivity index (χ2n) is 5.43. The number of aromatic hydroxyl groups is 1. The third kappa shape index (κ3) is 2.70. The second kappa shape index (κ2) is 6.08. The molecule has 0 fully saturated rings. The van der Waals surface area contributed by atoms with E-state index in [4.69, 9.17) is 4.74 Å². The summed E-state index contributed by atoms with van der Waals surface area (Å²) in [7, 11) is 1.56. The van der Waals surface area contributed by atoms with Crippen LogP contribution in [0.25, 0.3) is 0 Å². The first-order chi connectivity index (χ1) is 10.5. The zero-order valence-electron chi connectivity index (χ0n) is 12.3. The van der Waals surface area contributed by atoms with E-state index in [2.05, 4.69) is 48.7 Å². The van der Waals surface area contributed by atoms with Crippen molar-refractivity contribution in [1.29, 1.82) is 0 Å². The Morgan fingerprint density at radius 2 is 2.14 bits per heavy atom. The number of hydrogen-bond donors (Lipinski definition) is 1. The van der Waals surface area contributed by atoms with E-state index in [-0.39, 0.29) is 11.8 Å². The number of aliphatic imine (C=N–C) groups is 1. The third-order valence-corrected chi connectivity index (χ3v) is 4.92. The maximum Gasteiger partial charge on any atom is 0.160 e. The van der Waals surface area contributed by atoms with Crippen LogP contribution in [-0.2, 0) is 0 Å². The highest BCUT2D eigenvalue weighted by Crippen LogP contribution is 2.40. The molecule has 2 atom stereocenters. The van der Waals surface area contributed by atoms with Crippen LogP contribution >= 0.6 is 31.9 Å². The van der Waals surface area contributed by atoms with E-state index in [9.17, 15) is 5.11 Å². The zero-order valence-corrected chi connectivity index (χ0v) is 15.4. The van der Waals surface area contributed by atoms with E-state index in [1.807, 2.05) is 24.4 Å². The van der Waals surface area contributed by atoms with Gasteiger partial charge in [-0.1, -0.05) is 13.0 Å². The van der Waals surface area contributed by atoms with Crippen molar-refractivity contribution in [1.82, 2.24) is 4.90 Å². The number of ether oxygens (including phenoxy) is 1. The molecule has 0 saturated heterocycles. The Balaban J connectivity index is 2.06. The van der Waals surface area contributed by atoms with Crippen molar-refractivity contribution in [3.63, 3.8) is 0 Å². The number of fused-ring (bicyclic) bond motifs is 1. The third-order valence-electron chi connectivity index (χ3n) is 3.90. The van der Waals surface area contributed by atoms with E-state index < -0.39 is 0 Å². The SMILES string of the molecule is COc1cc(C2C(C)CN=C3C(Br)=CC(Br)=CN32)ccc1O. The summed E-state index contributed by atoms with van der Waals surface area (Å²) in [6.45, 7) is 2.94. The van der Waals surface area contributed by atoms with Crippen LogP contribution < -0.4 is 4.74 Å². The molecule has 2 aliphatic rings. The van der Waals surface area contributed by atoms with Crippen molar-refractivity contribution in [2.24, 2.45) is 10.9 Å². The molecule has 0 aromatic heterocycles. The molecule has 2 heterocycles. The maximum atomic E-state index is 9.82. The van der Waals surface area contributed by atoms with Gasteiger partial charge in [-0.05, 0) is 55.6 Å². The molecule has 2 unspecified atom stereocenters. The van der Waals surface area contributed by atoms with Gasteiger partial charge in [0.1, 0.15) is 5.84 Å². The Hall–Kier alpha value is -1.27. The number of phenolic OH excluding ortho intramolecular Hbond substituents is 1. The topological polar surface area (TPSA) is 45.1 Å². The van der Waals surface area contributed by atoms with Gasteiger partial charge in [0, 0.05) is 23.1 Å². The highest BCUT2D eigenvalue weighted by molar-refractivity contribution is 9.12. The summed E-state index contributed by atoms with van der Waals surface area (Å²) in [5, 5.41) is 9.82. The lowest BCUT2D eigenvalue weighted by molar-refractivity contribution is 0.284. The van der Waals surface area contributed by atoms with E-state index in [0.29, 0.717) is 11.7 Å². The number of methoxy groups -OCH3 is 1. The second-order valence-corrected chi connectivity index (χ2v) is 7.20. The predicted octanol–water partition coefficient (Wildman–Crippen LogP) is 4.32. The first-order valence-corrected chi connectivity index (χ1v) is 8.54. The van der Waals surface area contributed by atoms with Crippen LogP contribution in [0.15, 0.2) is 44.4 Å². The van der Waals surface area contributed by atoms with Gasteiger partial charge in [-0.2, -0.15) is 0 Å². The minimum Gasteiger partial charge on any atom is -0.504 e. The van der Waals surface area contributed by atoms with E-state index in [1.165, 1.54) is 0 Å². The van der Waals surface area contributed by atoms with E-state index >= 15 is 0 Å². The van der Waals surface area contributed by atoms with Gasteiger partial charge >= 0.3 is 0 Å². The number of phenols is 1. The molecule has 1 aromatic rings. The first-order valence-electron chi connectivity index (χ1n) is 6.96. The van der Waals surface area contributed by atoms with Crippen molar-refractivity contribution in [3.8, 4) is 11.5 Å². The molecule has 116 valence electrons. The highest BCUT2D eigenvalue weighted by Gasteiger charge is 2.34. The molecule has 0 spiro atoms. The van der Waals surface area contributed by atoms with Gasteiger partial charge in [0.05, 0.1) is 17.6 Å². The molecule has 0 radical (unpaired) electrons. The molecule has 0 bridgehead atoms. The molecule has 1 N–H and O–H groups in total. The maximum absolute atomic E-state index is 9.82. The van der Waals surface area contributed by atoms with Gasteiger partial charge in [-0.15, -0.1) is 0 Å². The van der Waals surface area contributed by atoms with Crippen LogP contribution in [0.2, 0.25) is 0 Å². The van der Waals surface area contributed by atoms with Crippen molar-refractivity contribution < 1.29 is 9.84 Å². The van der Waals surface area contributed by atoms with Crippen molar-refractivity contribution in [3.05, 3.63) is 45.0 Å². The lowest BCUT2D eigenvalue weighted by Gasteiger charge is -2.40. The van der Waals surface area contributed by atoms with Crippen LogP contribution in [0, 0.1) is 5.92 Å². The number of allylic oxidation sites excluding steroid dienone is 2. The van der Waals surface area contributed by atoms with Crippen LogP contribution in [0.5, 0.6) is 11.5 Å². The summed E-state index contributed by atoms with van der Waals surface area (Å²) in [5.41, 5.74) is 1.09. The van der Waals surface area contributed by atoms with Crippen LogP contribution in [0.4, 0.5) is 0 Å². The van der Waals surface area contributed by atoms with Crippen LogP contribution in [0.1, 0.15) is 18.5 Å². The lowest BCUT2D eigenvalue weighted by Crippen LogP contribution is -2.40. The van der Waals surface area contributed by atoms with Gasteiger partial charge in [0.25, 0.3) is 0 Å². The number of nitrogens with zero attached hydrogens (tertiary/aromatic N) is 2. The Kier molecular flexibility index (Phi) is 4.32. The molecule has 4 nitrogen and oxygen atoms in total. The summed E-state index contributed by atoms with van der Waals surface area (Å²) in [5.74, 6) is 1.91. The highest BCUT2D eigenvalue weighted by atomic mass is 79.9. The fraction of sp³-hybridized carbons (Fsp3) is 0.312. The van der Waals surface area contributed by atoms with E-state index in [0.717, 1.165) is 26.9 Å². The Bertz CT molecular complexity index is 697. The average Bonchev–Trinajstić information content (AvgIpc) is 2.48. The number of rotatable bonds is 2. The number of benzene rings is 1. The van der Waals surface area contributed by atoms with Gasteiger partial charge in [0.2, 0.25) is 0 Å². The summed E-state index contributed by atoms with van der Waals surface area (Å²) in [6, 6.07) is 5.65. The van der Waals surface area contributed by atoms with Gasteiger partial charge in [-0.3, -0.25) is 4.99 Å². The van der Waals surface area contributed by atoms with Crippen molar-refractivity contribution >= 4 is 37.7 Å². The fourth-order valence-electron chi connectivity index (χ4n) is 2.88.